The third-order valence-electron chi connectivity index (χ3n) is 9.57. The highest BCUT2D eigenvalue weighted by molar-refractivity contribution is 6.14. The smallest absolute Gasteiger partial charge is 0.227 e. The zero-order valence-corrected chi connectivity index (χ0v) is 27.4. The highest BCUT2D eigenvalue weighted by atomic mass is 16.3. The van der Waals surface area contributed by atoms with E-state index in [4.69, 9.17) is 19.4 Å². The number of hydrogen-bond acceptors (Lipinski definition) is 5. The molecule has 0 bridgehead atoms. The molecule has 5 heteroatoms. The normalized spacial score (nSPS) is 11.5. The molecular weight excluding hydrogens is 625 g/mol. The van der Waals surface area contributed by atoms with E-state index in [1.54, 1.807) is 6.20 Å². The average molecular weight is 653 g/mol. The van der Waals surface area contributed by atoms with Gasteiger partial charge in [0.1, 0.15) is 5.58 Å². The minimum absolute atomic E-state index is 0.585. The van der Waals surface area contributed by atoms with Crippen LogP contribution >= 0.6 is 0 Å². The fraction of sp³-hybridized carbons (Fsp3) is 0. The lowest BCUT2D eigenvalue weighted by molar-refractivity contribution is 0.654. The largest absolute Gasteiger partial charge is 0.438 e. The Kier molecular flexibility index (Phi) is 6.74. The Morgan fingerprint density at radius 2 is 0.980 bits per heavy atom. The molecular formula is C46H28N4O. The van der Waals surface area contributed by atoms with Crippen molar-refractivity contribution in [1.82, 2.24) is 19.9 Å². The lowest BCUT2D eigenvalue weighted by Gasteiger charge is -2.13. The van der Waals surface area contributed by atoms with Crippen LogP contribution in [0.15, 0.2) is 174 Å². The van der Waals surface area contributed by atoms with Gasteiger partial charge in [-0.3, -0.25) is 0 Å². The van der Waals surface area contributed by atoms with Crippen molar-refractivity contribution in [2.45, 2.75) is 0 Å². The zero-order valence-electron chi connectivity index (χ0n) is 27.4. The SMILES string of the molecule is c1ccc(-c2cccc(-c3nc(-c4cccc(-c5cccc6ccc7ccccc7c56)c4)nc(-c4ccc5oc6ncccc6c5c4)n3)c2)cc1. The Labute approximate surface area is 293 Å². The fourth-order valence-electron chi connectivity index (χ4n) is 7.11. The number of fused-ring (bicyclic) bond motifs is 6. The Morgan fingerprint density at radius 3 is 1.80 bits per heavy atom. The summed E-state index contributed by atoms with van der Waals surface area (Å²) in [5.41, 5.74) is 8.57. The van der Waals surface area contributed by atoms with Crippen LogP contribution < -0.4 is 0 Å². The topological polar surface area (TPSA) is 64.7 Å². The van der Waals surface area contributed by atoms with Gasteiger partial charge in [-0.25, -0.2) is 19.9 Å². The van der Waals surface area contributed by atoms with Crippen LogP contribution in [-0.2, 0) is 0 Å². The van der Waals surface area contributed by atoms with Crippen LogP contribution in [-0.4, -0.2) is 19.9 Å². The van der Waals surface area contributed by atoms with Gasteiger partial charge in [-0.15, -0.1) is 0 Å². The first-order chi connectivity index (χ1) is 25.2. The highest BCUT2D eigenvalue weighted by Gasteiger charge is 2.17. The van der Waals surface area contributed by atoms with Crippen molar-refractivity contribution in [3.05, 3.63) is 170 Å². The summed E-state index contributed by atoms with van der Waals surface area (Å²) in [6, 6.07) is 56.8. The first kappa shape index (κ1) is 29.0. The number of aromatic nitrogens is 4. The van der Waals surface area contributed by atoms with E-state index in [9.17, 15) is 0 Å². The molecule has 0 radical (unpaired) electrons. The van der Waals surface area contributed by atoms with E-state index in [-0.39, 0.29) is 0 Å². The van der Waals surface area contributed by atoms with Crippen molar-refractivity contribution in [1.29, 1.82) is 0 Å². The third-order valence-corrected chi connectivity index (χ3v) is 9.57. The van der Waals surface area contributed by atoms with Gasteiger partial charge < -0.3 is 4.42 Å². The Hall–Kier alpha value is -6.98. The zero-order chi connectivity index (χ0) is 33.7. The number of nitrogens with zero attached hydrogens (tertiary/aromatic N) is 4. The van der Waals surface area contributed by atoms with Crippen LogP contribution in [0.1, 0.15) is 0 Å². The standard InChI is InChI=1S/C46H28N4O/c1-2-10-29(11-3-1)32-14-6-16-34(26-32)43-48-44(50-45(49-43)36-23-24-41-40(28-36)39-20-9-25-47-46(39)51-41)35-17-7-15-33(27-35)38-19-8-13-31-22-21-30-12-4-5-18-37(30)42(31)38/h1-28H. The van der Waals surface area contributed by atoms with E-state index in [0.717, 1.165) is 49.7 Å². The van der Waals surface area contributed by atoms with Gasteiger partial charge in [0.2, 0.25) is 5.71 Å². The summed E-state index contributed by atoms with van der Waals surface area (Å²) in [5.74, 6) is 1.79. The summed E-state index contributed by atoms with van der Waals surface area (Å²) < 4.78 is 6.03. The maximum Gasteiger partial charge on any atom is 0.227 e. The van der Waals surface area contributed by atoms with Crippen LogP contribution in [0.3, 0.4) is 0 Å². The van der Waals surface area contributed by atoms with Gasteiger partial charge in [0, 0.05) is 33.7 Å². The van der Waals surface area contributed by atoms with E-state index in [1.807, 2.05) is 30.3 Å². The average Bonchev–Trinajstić information content (AvgIpc) is 3.59. The monoisotopic (exact) mass is 652 g/mol. The molecule has 3 aromatic heterocycles. The second-order valence-corrected chi connectivity index (χ2v) is 12.7. The first-order valence-electron chi connectivity index (χ1n) is 17.0. The molecule has 238 valence electrons. The van der Waals surface area contributed by atoms with Crippen molar-refractivity contribution >= 4 is 43.6 Å². The summed E-state index contributed by atoms with van der Waals surface area (Å²) in [7, 11) is 0. The molecule has 5 nitrogen and oxygen atoms in total. The molecule has 0 unspecified atom stereocenters. The molecule has 51 heavy (non-hydrogen) atoms. The maximum atomic E-state index is 6.03. The molecule has 0 saturated carbocycles. The van der Waals surface area contributed by atoms with Gasteiger partial charge in [0.25, 0.3) is 0 Å². The molecule has 10 rings (SSSR count). The second kappa shape index (κ2) is 11.9. The fourth-order valence-corrected chi connectivity index (χ4v) is 7.11. The van der Waals surface area contributed by atoms with Crippen LogP contribution in [0.2, 0.25) is 0 Å². The Bertz CT molecular complexity index is 2930. The number of furan rings is 1. The van der Waals surface area contributed by atoms with Gasteiger partial charge in [0.05, 0.1) is 0 Å². The van der Waals surface area contributed by atoms with Crippen molar-refractivity contribution in [2.75, 3.05) is 0 Å². The Balaban J connectivity index is 1.16. The summed E-state index contributed by atoms with van der Waals surface area (Å²) in [5, 5.41) is 6.81. The van der Waals surface area contributed by atoms with Gasteiger partial charge in [-0.1, -0.05) is 121 Å². The molecule has 7 aromatic carbocycles. The van der Waals surface area contributed by atoms with Gasteiger partial charge in [0.15, 0.2) is 17.5 Å². The number of benzene rings is 7. The minimum Gasteiger partial charge on any atom is -0.438 e. The molecule has 0 atom stereocenters. The van der Waals surface area contributed by atoms with Crippen LogP contribution in [0, 0.1) is 0 Å². The van der Waals surface area contributed by atoms with E-state index in [1.165, 1.54) is 27.1 Å². The first-order valence-corrected chi connectivity index (χ1v) is 17.0. The molecule has 0 fully saturated rings. The van der Waals surface area contributed by atoms with Crippen molar-refractivity contribution in [3.8, 4) is 56.4 Å². The number of hydrogen-bond donors (Lipinski definition) is 0. The molecule has 3 heterocycles. The van der Waals surface area contributed by atoms with Gasteiger partial charge in [-0.2, -0.15) is 0 Å². The summed E-state index contributed by atoms with van der Waals surface area (Å²) in [4.78, 5) is 19.8. The molecule has 0 amide bonds. The van der Waals surface area contributed by atoms with E-state index in [2.05, 4.69) is 138 Å². The van der Waals surface area contributed by atoms with Gasteiger partial charge in [-0.05, 0) is 86.3 Å². The predicted molar refractivity (Wildman–Crippen MR) is 207 cm³/mol. The Morgan fingerprint density at radius 1 is 0.373 bits per heavy atom. The van der Waals surface area contributed by atoms with E-state index in [0.29, 0.717) is 23.2 Å². The van der Waals surface area contributed by atoms with Crippen molar-refractivity contribution in [3.63, 3.8) is 0 Å². The molecule has 0 saturated heterocycles. The molecule has 0 spiro atoms. The lowest BCUT2D eigenvalue weighted by Crippen LogP contribution is -2.00. The third kappa shape index (κ3) is 5.11. The van der Waals surface area contributed by atoms with E-state index >= 15 is 0 Å². The molecule has 0 aliphatic rings. The second-order valence-electron chi connectivity index (χ2n) is 12.7. The molecule has 0 aliphatic heterocycles. The van der Waals surface area contributed by atoms with Crippen LogP contribution in [0.4, 0.5) is 0 Å². The maximum absolute atomic E-state index is 6.03. The summed E-state index contributed by atoms with van der Waals surface area (Å²) in [6.07, 6.45) is 1.74. The van der Waals surface area contributed by atoms with E-state index < -0.39 is 0 Å². The predicted octanol–water partition coefficient (Wildman–Crippen LogP) is 11.8. The quantitative estimate of drug-likeness (QED) is 0.173. The summed E-state index contributed by atoms with van der Waals surface area (Å²) in [6.45, 7) is 0. The van der Waals surface area contributed by atoms with Crippen molar-refractivity contribution in [2.24, 2.45) is 0 Å². The molecule has 0 N–H and O–H groups in total. The van der Waals surface area contributed by atoms with Crippen LogP contribution in [0.25, 0.3) is 100 Å². The van der Waals surface area contributed by atoms with Crippen LogP contribution in [0.5, 0.6) is 0 Å². The highest BCUT2D eigenvalue weighted by Crippen LogP contribution is 2.37. The minimum atomic E-state index is 0.585. The molecule has 10 aromatic rings. The summed E-state index contributed by atoms with van der Waals surface area (Å²) >= 11 is 0. The number of rotatable bonds is 5. The lowest BCUT2D eigenvalue weighted by atomic mass is 9.93. The van der Waals surface area contributed by atoms with Crippen molar-refractivity contribution < 1.29 is 4.42 Å². The molecule has 0 aliphatic carbocycles. The van der Waals surface area contributed by atoms with Gasteiger partial charge >= 0.3 is 0 Å². The number of pyridine rings is 1.